The van der Waals surface area contributed by atoms with E-state index in [1.807, 2.05) is 11.8 Å². The van der Waals surface area contributed by atoms with Crippen LogP contribution in [0.3, 0.4) is 0 Å². The van der Waals surface area contributed by atoms with Crippen LogP contribution in [-0.4, -0.2) is 31.6 Å². The summed E-state index contributed by atoms with van der Waals surface area (Å²) in [6, 6.07) is 7.26. The zero-order chi connectivity index (χ0) is 11.5. The van der Waals surface area contributed by atoms with E-state index in [2.05, 4.69) is 48.6 Å². The molecule has 0 fully saturated rings. The van der Waals surface area contributed by atoms with E-state index in [1.54, 1.807) is 0 Å². The van der Waals surface area contributed by atoms with Crippen molar-refractivity contribution >= 4 is 23.1 Å². The lowest BCUT2D eigenvalue weighted by molar-refractivity contribution is 0.914. The van der Waals surface area contributed by atoms with E-state index in [-0.39, 0.29) is 0 Å². The second-order valence-electron chi connectivity index (χ2n) is 4.52. The molecule has 0 amide bonds. The molecule has 16 heavy (non-hydrogen) atoms. The van der Waals surface area contributed by atoms with Gasteiger partial charge in [0, 0.05) is 36.8 Å². The maximum atomic E-state index is 3.55. The van der Waals surface area contributed by atoms with Gasteiger partial charge in [-0.25, -0.2) is 0 Å². The van der Waals surface area contributed by atoms with Gasteiger partial charge in [0.15, 0.2) is 0 Å². The monoisotopic (exact) mass is 236 g/mol. The van der Waals surface area contributed by atoms with Crippen molar-refractivity contribution in [2.24, 2.45) is 0 Å². The number of benzene rings is 1. The molecule has 0 spiro atoms. The number of rotatable bonds is 4. The Balaban J connectivity index is 2.07. The summed E-state index contributed by atoms with van der Waals surface area (Å²) in [4.78, 5) is 2.32. The van der Waals surface area contributed by atoms with Crippen LogP contribution in [0.4, 0.5) is 11.4 Å². The number of nitrogens with one attached hydrogen (secondary N) is 1. The van der Waals surface area contributed by atoms with E-state index in [4.69, 9.17) is 0 Å². The quantitative estimate of drug-likeness (QED) is 0.865. The molecule has 1 aliphatic rings. The van der Waals surface area contributed by atoms with E-state index in [0.29, 0.717) is 6.04 Å². The molecule has 1 aromatic carbocycles. The fourth-order valence-corrected chi connectivity index (χ4v) is 2.82. The van der Waals surface area contributed by atoms with Crippen molar-refractivity contribution in [2.75, 3.05) is 35.8 Å². The molecule has 1 unspecified atom stereocenters. The van der Waals surface area contributed by atoms with Crippen LogP contribution in [0.1, 0.15) is 12.5 Å². The number of nitrogens with zero attached hydrogens (tertiary/aromatic N) is 1. The van der Waals surface area contributed by atoms with Gasteiger partial charge in [-0.3, -0.25) is 0 Å². The molecule has 1 aliphatic heterocycles. The first-order valence-corrected chi connectivity index (χ1v) is 7.19. The molecule has 0 bridgehead atoms. The van der Waals surface area contributed by atoms with Gasteiger partial charge in [0.25, 0.3) is 0 Å². The minimum absolute atomic E-state index is 0.534. The van der Waals surface area contributed by atoms with Crippen LogP contribution in [0, 0.1) is 0 Å². The summed E-state index contributed by atoms with van der Waals surface area (Å²) in [6.45, 7) is 3.38. The fourth-order valence-electron chi connectivity index (χ4n) is 2.23. The van der Waals surface area contributed by atoms with Gasteiger partial charge in [0.2, 0.25) is 0 Å². The summed E-state index contributed by atoms with van der Waals surface area (Å²) in [6.07, 6.45) is 3.33. The minimum Gasteiger partial charge on any atom is -0.382 e. The summed E-state index contributed by atoms with van der Waals surface area (Å²) >= 11 is 1.88. The van der Waals surface area contributed by atoms with Gasteiger partial charge < -0.3 is 10.2 Å². The number of hydrogen-bond donors (Lipinski definition) is 1. The smallest absolute Gasteiger partial charge is 0.0398 e. The van der Waals surface area contributed by atoms with Crippen LogP contribution in [0.5, 0.6) is 0 Å². The lowest BCUT2D eigenvalue weighted by Gasteiger charge is -2.16. The van der Waals surface area contributed by atoms with Crippen molar-refractivity contribution in [3.05, 3.63) is 23.8 Å². The van der Waals surface area contributed by atoms with Crippen LogP contribution < -0.4 is 10.2 Å². The number of hydrogen-bond acceptors (Lipinski definition) is 3. The van der Waals surface area contributed by atoms with E-state index < -0.39 is 0 Å². The first-order chi connectivity index (χ1) is 7.70. The van der Waals surface area contributed by atoms with Crippen LogP contribution in [0.25, 0.3) is 0 Å². The highest BCUT2D eigenvalue weighted by atomic mass is 32.2. The molecule has 1 atom stereocenters. The summed E-state index contributed by atoms with van der Waals surface area (Å²) in [7, 11) is 2.16. The summed E-state index contributed by atoms with van der Waals surface area (Å²) < 4.78 is 0. The van der Waals surface area contributed by atoms with Gasteiger partial charge in [-0.1, -0.05) is 0 Å². The van der Waals surface area contributed by atoms with Gasteiger partial charge in [0.1, 0.15) is 0 Å². The molecule has 3 heteroatoms. The molecular formula is C13H20N2S. The Kier molecular flexibility index (Phi) is 3.64. The topological polar surface area (TPSA) is 15.3 Å². The van der Waals surface area contributed by atoms with Gasteiger partial charge in [0.05, 0.1) is 0 Å². The number of thioether (sulfide) groups is 1. The largest absolute Gasteiger partial charge is 0.382 e. The normalized spacial score (nSPS) is 16.1. The highest BCUT2D eigenvalue weighted by molar-refractivity contribution is 7.98. The van der Waals surface area contributed by atoms with E-state index in [1.165, 1.54) is 23.4 Å². The number of likely N-dealkylation sites (N-methyl/N-ethyl adjacent to an activating group) is 1. The van der Waals surface area contributed by atoms with E-state index in [0.717, 1.165) is 12.3 Å². The highest BCUT2D eigenvalue weighted by Gasteiger charge is 2.15. The van der Waals surface area contributed by atoms with Crippen LogP contribution in [-0.2, 0) is 6.42 Å². The number of fused-ring (bicyclic) bond motifs is 1. The first kappa shape index (κ1) is 11.6. The molecule has 0 saturated carbocycles. The predicted octanol–water partition coefficient (Wildman–Crippen LogP) is 2.84. The molecule has 1 aromatic rings. The Morgan fingerprint density at radius 3 is 3.06 bits per heavy atom. The van der Waals surface area contributed by atoms with E-state index >= 15 is 0 Å². The zero-order valence-corrected chi connectivity index (χ0v) is 11.1. The predicted molar refractivity (Wildman–Crippen MR) is 74.9 cm³/mol. The lowest BCUT2D eigenvalue weighted by Crippen LogP contribution is -2.17. The SMILES string of the molecule is CSCC(C)Nc1ccc2c(c1)CCN2C. The van der Waals surface area contributed by atoms with Crippen molar-refractivity contribution < 1.29 is 0 Å². The molecule has 1 N–H and O–H groups in total. The maximum Gasteiger partial charge on any atom is 0.0398 e. The second-order valence-corrected chi connectivity index (χ2v) is 5.43. The third-order valence-corrected chi connectivity index (χ3v) is 3.87. The second kappa shape index (κ2) is 5.00. The van der Waals surface area contributed by atoms with Crippen molar-refractivity contribution in [2.45, 2.75) is 19.4 Å². The van der Waals surface area contributed by atoms with Crippen LogP contribution in [0.15, 0.2) is 18.2 Å². The molecule has 0 aliphatic carbocycles. The molecule has 1 heterocycles. The van der Waals surface area contributed by atoms with Crippen molar-refractivity contribution in [3.8, 4) is 0 Å². The third-order valence-electron chi connectivity index (χ3n) is 3.04. The van der Waals surface area contributed by atoms with Crippen LogP contribution >= 0.6 is 11.8 Å². The summed E-state index contributed by atoms with van der Waals surface area (Å²) in [5.41, 5.74) is 4.13. The van der Waals surface area contributed by atoms with E-state index in [9.17, 15) is 0 Å². The van der Waals surface area contributed by atoms with Crippen molar-refractivity contribution in [1.29, 1.82) is 0 Å². The fraction of sp³-hybridized carbons (Fsp3) is 0.538. The molecule has 0 aromatic heterocycles. The standard InChI is InChI=1S/C13H20N2S/c1-10(9-16-3)14-12-4-5-13-11(8-12)6-7-15(13)2/h4-5,8,10,14H,6-7,9H2,1-3H3. The Labute approximate surface area is 102 Å². The first-order valence-electron chi connectivity index (χ1n) is 5.80. The third kappa shape index (κ3) is 2.46. The van der Waals surface area contributed by atoms with Gasteiger partial charge >= 0.3 is 0 Å². The Bertz CT molecular complexity index is 365. The highest BCUT2D eigenvalue weighted by Crippen LogP contribution is 2.29. The average molecular weight is 236 g/mol. The van der Waals surface area contributed by atoms with Crippen molar-refractivity contribution in [1.82, 2.24) is 0 Å². The Morgan fingerprint density at radius 2 is 2.31 bits per heavy atom. The number of anilines is 2. The molecule has 88 valence electrons. The molecule has 2 rings (SSSR count). The molecular weight excluding hydrogens is 216 g/mol. The van der Waals surface area contributed by atoms with Gasteiger partial charge in [-0.2, -0.15) is 11.8 Å². The average Bonchev–Trinajstić information content (AvgIpc) is 2.60. The maximum absolute atomic E-state index is 3.55. The molecule has 2 nitrogen and oxygen atoms in total. The molecule has 0 saturated heterocycles. The zero-order valence-electron chi connectivity index (χ0n) is 10.3. The van der Waals surface area contributed by atoms with Crippen LogP contribution in [0.2, 0.25) is 0 Å². The minimum atomic E-state index is 0.534. The Hall–Kier alpha value is -0.830. The van der Waals surface area contributed by atoms with Gasteiger partial charge in [-0.05, 0) is 43.4 Å². The lowest BCUT2D eigenvalue weighted by atomic mass is 10.1. The Morgan fingerprint density at radius 1 is 1.50 bits per heavy atom. The van der Waals surface area contributed by atoms with Crippen molar-refractivity contribution in [3.63, 3.8) is 0 Å². The summed E-state index contributed by atoms with van der Waals surface area (Å²) in [5.74, 6) is 1.15. The molecule has 0 radical (unpaired) electrons. The van der Waals surface area contributed by atoms with Gasteiger partial charge in [-0.15, -0.1) is 0 Å². The summed E-state index contributed by atoms with van der Waals surface area (Å²) in [5, 5.41) is 3.55.